The molecule has 1 N–H and O–H groups in total. The summed E-state index contributed by atoms with van der Waals surface area (Å²) in [6.07, 6.45) is 3.35. The summed E-state index contributed by atoms with van der Waals surface area (Å²) in [6, 6.07) is 9.94. The molecule has 0 saturated heterocycles. The van der Waals surface area contributed by atoms with Gasteiger partial charge in [-0.05, 0) is 31.2 Å². The first kappa shape index (κ1) is 20.5. The number of amides is 1. The molecule has 0 radical (unpaired) electrons. The Morgan fingerprint density at radius 2 is 2.03 bits per heavy atom. The van der Waals surface area contributed by atoms with E-state index in [0.717, 1.165) is 16.9 Å². The molecule has 0 bridgehead atoms. The molecule has 3 rings (SSSR count). The van der Waals surface area contributed by atoms with Crippen LogP contribution in [0.4, 0.5) is 14.5 Å². The highest BCUT2D eigenvalue weighted by Crippen LogP contribution is 2.33. The summed E-state index contributed by atoms with van der Waals surface area (Å²) in [5, 5.41) is 2.67. The summed E-state index contributed by atoms with van der Waals surface area (Å²) in [5.74, 6) is 0.199. The number of rotatable bonds is 8. The van der Waals surface area contributed by atoms with Crippen molar-refractivity contribution in [1.29, 1.82) is 0 Å². The van der Waals surface area contributed by atoms with Crippen molar-refractivity contribution >= 4 is 22.9 Å². The van der Waals surface area contributed by atoms with E-state index in [2.05, 4.69) is 15.0 Å². The lowest BCUT2D eigenvalue weighted by molar-refractivity contribution is -0.0498. The molecule has 0 fully saturated rings. The average molecular weight is 420 g/mol. The second-order valence-electron chi connectivity index (χ2n) is 5.90. The second-order valence-corrected chi connectivity index (χ2v) is 7.15. The van der Waals surface area contributed by atoms with E-state index < -0.39 is 12.5 Å². The molecule has 0 aliphatic rings. The summed E-state index contributed by atoms with van der Waals surface area (Å²) >= 11 is 1.07. The number of pyridine rings is 1. The van der Waals surface area contributed by atoms with E-state index >= 15 is 0 Å². The summed E-state index contributed by atoms with van der Waals surface area (Å²) in [4.78, 5) is 17.3. The molecule has 2 aromatic heterocycles. The molecule has 6 nitrogen and oxygen atoms in total. The molecule has 0 aliphatic carbocycles. The molecule has 152 valence electrons. The minimum Gasteiger partial charge on any atom is -0.493 e. The molecule has 2 heterocycles. The highest BCUT2D eigenvalue weighted by molar-refractivity contribution is 7.14. The number of carbonyl (C=O) groups is 1. The number of halogens is 2. The van der Waals surface area contributed by atoms with Crippen LogP contribution in [0, 0.1) is 6.92 Å². The van der Waals surface area contributed by atoms with Gasteiger partial charge in [0.15, 0.2) is 11.5 Å². The fraction of sp³-hybridized carbons (Fsp3) is 0.200. The molecule has 1 aromatic carbocycles. The molecule has 0 saturated carbocycles. The molecular formula is C20H18F2N2O4S. The highest BCUT2D eigenvalue weighted by Gasteiger charge is 2.20. The minimum absolute atomic E-state index is 0.0662. The zero-order valence-corrected chi connectivity index (χ0v) is 16.5. The van der Waals surface area contributed by atoms with Crippen molar-refractivity contribution < 1.29 is 27.8 Å². The Hall–Kier alpha value is -3.20. The first-order valence-corrected chi connectivity index (χ1v) is 9.34. The van der Waals surface area contributed by atoms with Gasteiger partial charge in [0, 0.05) is 34.6 Å². The van der Waals surface area contributed by atoms with Crippen molar-refractivity contribution in [3.05, 3.63) is 64.1 Å². The number of hydrogen-bond acceptors (Lipinski definition) is 6. The van der Waals surface area contributed by atoms with Gasteiger partial charge in [-0.1, -0.05) is 6.07 Å². The zero-order chi connectivity index (χ0) is 20.8. The van der Waals surface area contributed by atoms with Gasteiger partial charge in [-0.15, -0.1) is 11.3 Å². The number of ether oxygens (including phenoxy) is 3. The number of alkyl halides is 2. The van der Waals surface area contributed by atoms with Crippen LogP contribution in [0.5, 0.6) is 17.2 Å². The smallest absolute Gasteiger partial charge is 0.387 e. The van der Waals surface area contributed by atoms with E-state index in [1.54, 1.807) is 43.6 Å². The van der Waals surface area contributed by atoms with E-state index in [-0.39, 0.29) is 17.2 Å². The van der Waals surface area contributed by atoms with Crippen LogP contribution in [0.3, 0.4) is 0 Å². The van der Waals surface area contributed by atoms with Crippen LogP contribution in [0.2, 0.25) is 0 Å². The number of nitrogens with one attached hydrogen (secondary N) is 1. The Morgan fingerprint density at radius 1 is 1.21 bits per heavy atom. The molecule has 0 spiro atoms. The normalized spacial score (nSPS) is 10.7. The molecule has 3 aromatic rings. The standard InChI is InChI=1S/C20H18F2N2O4S/c1-12-8-17(28-20(21)22)18(29-12)19(25)24-14-5-6-15(26-2)16(9-14)27-11-13-4-3-7-23-10-13/h3-10,20H,11H2,1-2H3,(H,24,25). The first-order valence-electron chi connectivity index (χ1n) is 8.52. The van der Waals surface area contributed by atoms with Gasteiger partial charge in [0.25, 0.3) is 5.91 Å². The van der Waals surface area contributed by atoms with Crippen LogP contribution in [-0.4, -0.2) is 24.6 Å². The molecular weight excluding hydrogens is 402 g/mol. The summed E-state index contributed by atoms with van der Waals surface area (Å²) in [6.45, 7) is -1.04. The van der Waals surface area contributed by atoms with Gasteiger partial charge in [0.05, 0.1) is 7.11 Å². The number of nitrogens with zero attached hydrogens (tertiary/aromatic N) is 1. The van der Waals surface area contributed by atoms with Crippen LogP contribution in [0.1, 0.15) is 20.1 Å². The van der Waals surface area contributed by atoms with Gasteiger partial charge in [-0.2, -0.15) is 8.78 Å². The number of anilines is 1. The van der Waals surface area contributed by atoms with Crippen LogP contribution < -0.4 is 19.5 Å². The summed E-state index contributed by atoms with van der Waals surface area (Å²) in [7, 11) is 1.51. The van der Waals surface area contributed by atoms with Gasteiger partial charge in [0.1, 0.15) is 17.2 Å². The van der Waals surface area contributed by atoms with Crippen molar-refractivity contribution in [1.82, 2.24) is 4.98 Å². The summed E-state index contributed by atoms with van der Waals surface area (Å²) < 4.78 is 40.7. The topological polar surface area (TPSA) is 69.7 Å². The van der Waals surface area contributed by atoms with E-state index in [0.29, 0.717) is 22.1 Å². The quantitative estimate of drug-likeness (QED) is 0.562. The minimum atomic E-state index is -3.01. The number of benzene rings is 1. The third-order valence-electron chi connectivity index (χ3n) is 3.78. The van der Waals surface area contributed by atoms with Gasteiger partial charge < -0.3 is 19.5 Å². The van der Waals surface area contributed by atoms with Gasteiger partial charge in [-0.25, -0.2) is 0 Å². The zero-order valence-electron chi connectivity index (χ0n) is 15.6. The fourth-order valence-corrected chi connectivity index (χ4v) is 3.37. The molecule has 9 heteroatoms. The lowest BCUT2D eigenvalue weighted by Crippen LogP contribution is -2.13. The Bertz CT molecular complexity index is 980. The molecule has 29 heavy (non-hydrogen) atoms. The molecule has 0 atom stereocenters. The Morgan fingerprint density at radius 3 is 2.72 bits per heavy atom. The van der Waals surface area contributed by atoms with Crippen LogP contribution in [0.15, 0.2) is 48.8 Å². The number of aromatic nitrogens is 1. The van der Waals surface area contributed by atoms with Crippen molar-refractivity contribution in [3.8, 4) is 17.2 Å². The van der Waals surface area contributed by atoms with E-state index in [4.69, 9.17) is 9.47 Å². The second kappa shape index (κ2) is 9.33. The Labute approximate surface area is 170 Å². The summed E-state index contributed by atoms with van der Waals surface area (Å²) in [5.41, 5.74) is 1.29. The largest absolute Gasteiger partial charge is 0.493 e. The number of thiophene rings is 1. The Balaban J connectivity index is 1.76. The van der Waals surface area contributed by atoms with E-state index in [1.807, 2.05) is 6.07 Å². The lowest BCUT2D eigenvalue weighted by Gasteiger charge is -2.13. The fourth-order valence-electron chi connectivity index (χ4n) is 2.53. The van der Waals surface area contributed by atoms with Gasteiger partial charge >= 0.3 is 6.61 Å². The van der Waals surface area contributed by atoms with Crippen LogP contribution in [-0.2, 0) is 6.61 Å². The van der Waals surface area contributed by atoms with Crippen molar-refractivity contribution in [2.45, 2.75) is 20.1 Å². The molecule has 0 aliphatic heterocycles. The number of aryl methyl sites for hydroxylation is 1. The van der Waals surface area contributed by atoms with Crippen LogP contribution in [0.25, 0.3) is 0 Å². The molecule has 1 amide bonds. The van der Waals surface area contributed by atoms with Crippen molar-refractivity contribution in [2.75, 3.05) is 12.4 Å². The van der Waals surface area contributed by atoms with E-state index in [1.165, 1.54) is 13.2 Å². The third-order valence-corrected chi connectivity index (χ3v) is 4.81. The number of methoxy groups -OCH3 is 1. The average Bonchev–Trinajstić information content (AvgIpc) is 3.07. The van der Waals surface area contributed by atoms with Gasteiger partial charge in [-0.3, -0.25) is 9.78 Å². The third kappa shape index (κ3) is 5.41. The predicted molar refractivity (Wildman–Crippen MR) is 105 cm³/mol. The van der Waals surface area contributed by atoms with E-state index in [9.17, 15) is 13.6 Å². The monoisotopic (exact) mass is 420 g/mol. The maximum atomic E-state index is 12.6. The highest BCUT2D eigenvalue weighted by atomic mass is 32.1. The van der Waals surface area contributed by atoms with Crippen molar-refractivity contribution in [3.63, 3.8) is 0 Å². The lowest BCUT2D eigenvalue weighted by atomic mass is 10.2. The SMILES string of the molecule is COc1ccc(NC(=O)c2sc(C)cc2OC(F)F)cc1OCc1cccnc1. The maximum Gasteiger partial charge on any atom is 0.387 e. The van der Waals surface area contributed by atoms with Crippen LogP contribution >= 0.6 is 11.3 Å². The van der Waals surface area contributed by atoms with Gasteiger partial charge in [0.2, 0.25) is 0 Å². The first-order chi connectivity index (χ1) is 14.0. The molecule has 0 unspecified atom stereocenters. The number of hydrogen-bond donors (Lipinski definition) is 1. The number of carbonyl (C=O) groups excluding carboxylic acids is 1. The maximum absolute atomic E-state index is 12.6. The Kier molecular flexibility index (Phi) is 6.61. The predicted octanol–water partition coefficient (Wildman–Crippen LogP) is 4.89. The van der Waals surface area contributed by atoms with Crippen molar-refractivity contribution in [2.24, 2.45) is 0 Å².